The Labute approximate surface area is 218 Å². The monoisotopic (exact) mass is 549 g/mol. The molecule has 0 fully saturated rings. The van der Waals surface area contributed by atoms with E-state index in [-0.39, 0.29) is 37.3 Å². The summed E-state index contributed by atoms with van der Waals surface area (Å²) in [6.07, 6.45) is 0. The number of fused-ring (bicyclic) bond motifs is 2. The number of carbonyl (C=O) groups is 3. The molecule has 2 heterocycles. The third kappa shape index (κ3) is 4.55. The second kappa shape index (κ2) is 9.61. The lowest BCUT2D eigenvalue weighted by Crippen LogP contribution is -2.22. The zero-order valence-corrected chi connectivity index (χ0v) is 20.7. The van der Waals surface area contributed by atoms with E-state index in [4.69, 9.17) is 4.74 Å². The van der Waals surface area contributed by atoms with Crippen molar-refractivity contribution in [3.63, 3.8) is 0 Å². The van der Waals surface area contributed by atoms with Gasteiger partial charge in [-0.15, -0.1) is 11.3 Å². The number of ketones is 1. The third-order valence-corrected chi connectivity index (χ3v) is 8.22. The van der Waals surface area contributed by atoms with Crippen molar-refractivity contribution >= 4 is 49.7 Å². The zero-order chi connectivity index (χ0) is 27.0. The van der Waals surface area contributed by atoms with Crippen LogP contribution in [-0.2, 0) is 19.4 Å². The van der Waals surface area contributed by atoms with E-state index in [1.54, 1.807) is 17.5 Å². The Morgan fingerprint density at radius 2 is 1.76 bits per heavy atom. The highest BCUT2D eigenvalue weighted by Gasteiger charge is 2.35. The van der Waals surface area contributed by atoms with Gasteiger partial charge in [-0.3, -0.25) is 25.0 Å². The minimum Gasteiger partial charge on any atom is -0.452 e. The molecule has 13 heteroatoms. The topological polar surface area (TPSA) is 163 Å². The minimum atomic E-state index is -4.04. The average Bonchev–Trinajstić information content (AvgIpc) is 3.39. The van der Waals surface area contributed by atoms with Gasteiger partial charge >= 0.3 is 5.97 Å². The quantitative estimate of drug-likeness (QED) is 0.188. The number of hydrogen-bond donors (Lipinski definition) is 1. The van der Waals surface area contributed by atoms with E-state index in [2.05, 4.69) is 10.3 Å². The molecule has 190 valence electrons. The van der Waals surface area contributed by atoms with Gasteiger partial charge in [-0.25, -0.2) is 18.2 Å². The molecule has 0 unspecified atom stereocenters. The summed E-state index contributed by atoms with van der Waals surface area (Å²) in [4.78, 5) is 51.8. The van der Waals surface area contributed by atoms with Crippen LogP contribution in [0, 0.1) is 10.1 Å². The number of nitrogens with one attached hydrogen (secondary N) is 1. The number of amides is 1. The second-order valence-electron chi connectivity index (χ2n) is 8.01. The van der Waals surface area contributed by atoms with E-state index in [0.717, 1.165) is 17.4 Å². The molecular weight excluding hydrogens is 534 g/mol. The molecule has 0 radical (unpaired) electrons. The van der Waals surface area contributed by atoms with Crippen molar-refractivity contribution in [3.8, 4) is 11.3 Å². The third-order valence-electron chi connectivity index (χ3n) is 5.61. The molecule has 0 saturated carbocycles. The molecule has 3 aromatic carbocycles. The van der Waals surface area contributed by atoms with Crippen LogP contribution < -0.4 is 5.32 Å². The summed E-state index contributed by atoms with van der Waals surface area (Å²) in [7, 11) is -4.04. The predicted octanol–water partition coefficient (Wildman–Crippen LogP) is 3.89. The Balaban J connectivity index is 1.26. The van der Waals surface area contributed by atoms with Crippen LogP contribution in [0.3, 0.4) is 0 Å². The molecule has 1 aliphatic heterocycles. The van der Waals surface area contributed by atoms with Crippen molar-refractivity contribution in [1.82, 2.24) is 4.98 Å². The lowest BCUT2D eigenvalue weighted by Gasteiger charge is -2.19. The SMILES string of the molecule is O=C(COC(=O)c1ccc2c(c1)S(=O)(=O)c1ccccc1C2=O)Nc1nc(-c2cccc([N+](=O)[O-])c2)cs1. The van der Waals surface area contributed by atoms with Crippen LogP contribution in [0.15, 0.2) is 81.9 Å². The largest absolute Gasteiger partial charge is 0.452 e. The van der Waals surface area contributed by atoms with Crippen LogP contribution >= 0.6 is 11.3 Å². The van der Waals surface area contributed by atoms with Crippen LogP contribution in [0.4, 0.5) is 10.8 Å². The van der Waals surface area contributed by atoms with E-state index < -0.39 is 39.0 Å². The number of thiazole rings is 1. The number of hydrogen-bond acceptors (Lipinski definition) is 10. The Kier molecular flexibility index (Phi) is 6.30. The lowest BCUT2D eigenvalue weighted by atomic mass is 10.0. The number of rotatable bonds is 6. The van der Waals surface area contributed by atoms with Gasteiger partial charge in [-0.1, -0.05) is 24.3 Å². The maximum atomic E-state index is 13.0. The van der Waals surface area contributed by atoms with Crippen LogP contribution in [-0.4, -0.2) is 42.6 Å². The summed E-state index contributed by atoms with van der Waals surface area (Å²) in [6, 6.07) is 15.2. The first-order valence-electron chi connectivity index (χ1n) is 10.9. The average molecular weight is 550 g/mol. The van der Waals surface area contributed by atoms with Gasteiger partial charge in [0.1, 0.15) is 0 Å². The van der Waals surface area contributed by atoms with Crippen molar-refractivity contribution < 1.29 is 32.5 Å². The molecular formula is C25H15N3O8S2. The van der Waals surface area contributed by atoms with Crippen LogP contribution in [0.25, 0.3) is 11.3 Å². The number of nitrogens with zero attached hydrogens (tertiary/aromatic N) is 2. The molecule has 38 heavy (non-hydrogen) atoms. The Hall–Kier alpha value is -4.75. The van der Waals surface area contributed by atoms with Gasteiger partial charge in [0, 0.05) is 34.2 Å². The molecule has 0 spiro atoms. The molecule has 0 atom stereocenters. The first-order chi connectivity index (χ1) is 18.1. The van der Waals surface area contributed by atoms with Gasteiger partial charge in [0.05, 0.1) is 26.0 Å². The summed E-state index contributed by atoms with van der Waals surface area (Å²) in [5.41, 5.74) is 0.665. The molecule has 5 rings (SSSR count). The number of anilines is 1. The number of esters is 1. The Morgan fingerprint density at radius 1 is 1.00 bits per heavy atom. The standard InChI is InChI=1S/C25H15N3O8S2/c29-22(27-25-26-19(13-37-25)14-4-3-5-16(10-14)28(32)33)12-36-24(31)15-8-9-18-21(11-15)38(34,35)20-7-2-1-6-17(20)23(18)30/h1-11,13H,12H2,(H,26,27,29). The van der Waals surface area contributed by atoms with Crippen molar-refractivity contribution in [2.75, 3.05) is 11.9 Å². The van der Waals surface area contributed by atoms with E-state index in [0.29, 0.717) is 11.3 Å². The van der Waals surface area contributed by atoms with Crippen LogP contribution in [0.5, 0.6) is 0 Å². The number of nitro benzene ring substituents is 1. The number of non-ortho nitro benzene ring substituents is 1. The number of sulfone groups is 1. The van der Waals surface area contributed by atoms with Crippen molar-refractivity contribution in [2.45, 2.75) is 9.79 Å². The van der Waals surface area contributed by atoms with Crippen molar-refractivity contribution in [2.24, 2.45) is 0 Å². The fourth-order valence-electron chi connectivity index (χ4n) is 3.82. The van der Waals surface area contributed by atoms with Gasteiger partial charge in [-0.05, 0) is 30.3 Å². The molecule has 1 aromatic heterocycles. The van der Waals surface area contributed by atoms with Crippen molar-refractivity contribution in [3.05, 3.63) is 98.9 Å². The predicted molar refractivity (Wildman–Crippen MR) is 135 cm³/mol. The molecule has 1 amide bonds. The van der Waals surface area contributed by atoms with E-state index in [9.17, 15) is 32.9 Å². The van der Waals surface area contributed by atoms with Gasteiger partial charge in [0.25, 0.3) is 11.6 Å². The minimum absolute atomic E-state index is 0.0543. The molecule has 1 N–H and O–H groups in total. The fraction of sp³-hybridized carbons (Fsp3) is 0.0400. The van der Waals surface area contributed by atoms with Gasteiger partial charge < -0.3 is 4.74 Å². The normalized spacial score (nSPS) is 13.2. The highest BCUT2D eigenvalue weighted by molar-refractivity contribution is 7.91. The maximum absolute atomic E-state index is 13.0. The van der Waals surface area contributed by atoms with Gasteiger partial charge in [0.15, 0.2) is 17.5 Å². The zero-order valence-electron chi connectivity index (χ0n) is 19.1. The highest BCUT2D eigenvalue weighted by Crippen LogP contribution is 2.35. The smallest absolute Gasteiger partial charge is 0.338 e. The fourth-order valence-corrected chi connectivity index (χ4v) is 6.24. The molecule has 0 bridgehead atoms. The summed E-state index contributed by atoms with van der Waals surface area (Å²) in [6.45, 7) is -0.684. The number of aromatic nitrogens is 1. The Bertz CT molecular complexity index is 1760. The van der Waals surface area contributed by atoms with Gasteiger partial charge in [-0.2, -0.15) is 0 Å². The number of ether oxygens (including phenoxy) is 1. The van der Waals surface area contributed by atoms with Gasteiger partial charge in [0.2, 0.25) is 9.84 Å². The van der Waals surface area contributed by atoms with Crippen LogP contribution in [0.1, 0.15) is 26.3 Å². The summed E-state index contributed by atoms with van der Waals surface area (Å²) in [5, 5.41) is 15.2. The summed E-state index contributed by atoms with van der Waals surface area (Å²) >= 11 is 1.08. The number of carbonyl (C=O) groups excluding carboxylic acids is 3. The Morgan fingerprint density at radius 3 is 2.55 bits per heavy atom. The maximum Gasteiger partial charge on any atom is 0.338 e. The lowest BCUT2D eigenvalue weighted by molar-refractivity contribution is -0.384. The molecule has 11 nitrogen and oxygen atoms in total. The summed E-state index contributed by atoms with van der Waals surface area (Å²) < 4.78 is 31.1. The first-order valence-corrected chi connectivity index (χ1v) is 13.2. The molecule has 0 saturated heterocycles. The van der Waals surface area contributed by atoms with E-state index in [1.165, 1.54) is 48.5 Å². The molecule has 1 aliphatic rings. The molecule has 0 aliphatic carbocycles. The molecule has 4 aromatic rings. The number of benzene rings is 3. The summed E-state index contributed by atoms with van der Waals surface area (Å²) in [5.74, 6) is -2.13. The number of nitro groups is 1. The second-order valence-corrected chi connectivity index (χ2v) is 10.8. The highest BCUT2D eigenvalue weighted by atomic mass is 32.2. The van der Waals surface area contributed by atoms with E-state index >= 15 is 0 Å². The van der Waals surface area contributed by atoms with Crippen LogP contribution in [0.2, 0.25) is 0 Å². The van der Waals surface area contributed by atoms with Crippen molar-refractivity contribution in [1.29, 1.82) is 0 Å². The first kappa shape index (κ1) is 24.9. The van der Waals surface area contributed by atoms with E-state index in [1.807, 2.05) is 0 Å².